The van der Waals surface area contributed by atoms with Gasteiger partial charge in [0.15, 0.2) is 0 Å². The molecule has 0 fully saturated rings. The van der Waals surface area contributed by atoms with Gasteiger partial charge in [0.25, 0.3) is 5.60 Å². The van der Waals surface area contributed by atoms with Crippen molar-refractivity contribution in [2.24, 2.45) is 0 Å². The lowest BCUT2D eigenvalue weighted by atomic mass is 9.94. The Balaban J connectivity index is 3.06. The molecule has 0 spiro atoms. The number of hydrogen-bond acceptors (Lipinski definition) is 5. The van der Waals surface area contributed by atoms with Crippen molar-refractivity contribution in [2.45, 2.75) is 18.9 Å². The first kappa shape index (κ1) is 15.0. The molecule has 1 unspecified atom stereocenters. The molecule has 6 nitrogen and oxygen atoms in total. The first-order valence-electron chi connectivity index (χ1n) is 5.70. The van der Waals surface area contributed by atoms with Crippen LogP contribution < -0.4 is 0 Å². The van der Waals surface area contributed by atoms with Crippen molar-refractivity contribution in [3.05, 3.63) is 29.8 Å². The molecule has 2 N–H and O–H groups in total. The molecule has 0 aliphatic rings. The van der Waals surface area contributed by atoms with E-state index in [4.69, 9.17) is 9.47 Å². The highest BCUT2D eigenvalue weighted by molar-refractivity contribution is 6.03. The number of phenolic OH excluding ortho intramolecular Hbond substituents is 1. The van der Waals surface area contributed by atoms with Crippen molar-refractivity contribution in [3.8, 4) is 5.75 Å². The molecular weight excluding hydrogens is 252 g/mol. The average molecular weight is 268 g/mol. The summed E-state index contributed by atoms with van der Waals surface area (Å²) in [6.45, 7) is 1.65. The van der Waals surface area contributed by atoms with Gasteiger partial charge in [-0.15, -0.1) is 0 Å². The molecule has 1 rings (SSSR count). The lowest BCUT2D eigenvalue weighted by Crippen LogP contribution is -2.51. The molecule has 1 aromatic carbocycles. The summed E-state index contributed by atoms with van der Waals surface area (Å²) in [5.41, 5.74) is -1.54. The number of aliphatic carboxylic acids is 1. The van der Waals surface area contributed by atoms with Gasteiger partial charge in [0.1, 0.15) is 5.75 Å². The molecule has 0 saturated heterocycles. The Morgan fingerprint density at radius 3 is 2.26 bits per heavy atom. The minimum atomic E-state index is -2.08. The Bertz CT molecular complexity index is 453. The highest BCUT2D eigenvalue weighted by Crippen LogP contribution is 2.21. The predicted molar refractivity (Wildman–Crippen MR) is 65.8 cm³/mol. The van der Waals surface area contributed by atoms with E-state index in [1.54, 1.807) is 6.92 Å². The number of phenols is 1. The van der Waals surface area contributed by atoms with Crippen molar-refractivity contribution >= 4 is 11.9 Å². The smallest absolute Gasteiger partial charge is 0.350 e. The number of benzene rings is 1. The van der Waals surface area contributed by atoms with Crippen molar-refractivity contribution < 1.29 is 29.3 Å². The fraction of sp³-hybridized carbons (Fsp3) is 0.385. The third-order valence-electron chi connectivity index (χ3n) is 2.69. The van der Waals surface area contributed by atoms with E-state index in [0.29, 0.717) is 5.56 Å². The summed E-state index contributed by atoms with van der Waals surface area (Å²) in [7, 11) is 1.14. The number of carboxylic acids is 1. The summed E-state index contributed by atoms with van der Waals surface area (Å²) in [6.07, 6.45) is -0.183. The van der Waals surface area contributed by atoms with Gasteiger partial charge in [-0.2, -0.15) is 0 Å². The van der Waals surface area contributed by atoms with Gasteiger partial charge in [-0.25, -0.2) is 9.59 Å². The quantitative estimate of drug-likeness (QED) is 0.590. The first-order valence-corrected chi connectivity index (χ1v) is 5.70. The number of ether oxygens (including phenoxy) is 2. The number of carbonyl (C=O) groups is 2. The maximum atomic E-state index is 11.8. The molecule has 0 aliphatic heterocycles. The molecule has 104 valence electrons. The van der Waals surface area contributed by atoms with E-state index in [1.165, 1.54) is 24.3 Å². The van der Waals surface area contributed by atoms with E-state index in [0.717, 1.165) is 7.11 Å². The summed E-state index contributed by atoms with van der Waals surface area (Å²) in [5.74, 6) is -2.31. The topological polar surface area (TPSA) is 93.1 Å². The summed E-state index contributed by atoms with van der Waals surface area (Å²) < 4.78 is 9.67. The third-order valence-corrected chi connectivity index (χ3v) is 2.69. The van der Waals surface area contributed by atoms with Gasteiger partial charge < -0.3 is 19.7 Å². The van der Waals surface area contributed by atoms with Gasteiger partial charge >= 0.3 is 11.9 Å². The summed E-state index contributed by atoms with van der Waals surface area (Å²) in [4.78, 5) is 23.2. The minimum absolute atomic E-state index is 0.0539. The van der Waals surface area contributed by atoms with Crippen molar-refractivity contribution in [3.63, 3.8) is 0 Å². The van der Waals surface area contributed by atoms with Crippen molar-refractivity contribution in [2.75, 3.05) is 13.7 Å². The molecular formula is C13H16O6. The summed E-state index contributed by atoms with van der Waals surface area (Å²) in [5, 5.41) is 18.4. The zero-order chi connectivity index (χ0) is 14.5. The molecule has 1 aromatic rings. The monoisotopic (exact) mass is 268 g/mol. The molecule has 0 heterocycles. The normalized spacial score (nSPS) is 13.6. The van der Waals surface area contributed by atoms with Crippen LogP contribution in [0.3, 0.4) is 0 Å². The highest BCUT2D eigenvalue weighted by atomic mass is 16.6. The lowest BCUT2D eigenvalue weighted by Gasteiger charge is -2.25. The van der Waals surface area contributed by atoms with Crippen LogP contribution in [0.15, 0.2) is 24.3 Å². The molecule has 6 heteroatoms. The van der Waals surface area contributed by atoms with Crippen LogP contribution in [0.2, 0.25) is 0 Å². The molecule has 0 amide bonds. The highest BCUT2D eigenvalue weighted by Gasteiger charge is 2.48. The molecule has 19 heavy (non-hydrogen) atoms. The van der Waals surface area contributed by atoms with Gasteiger partial charge in [-0.1, -0.05) is 12.1 Å². The largest absolute Gasteiger partial charge is 0.508 e. The van der Waals surface area contributed by atoms with Crippen LogP contribution in [-0.4, -0.2) is 41.5 Å². The van der Waals surface area contributed by atoms with Gasteiger partial charge in [0, 0.05) is 13.5 Å². The van der Waals surface area contributed by atoms with E-state index in [-0.39, 0.29) is 18.8 Å². The molecule has 0 aromatic heterocycles. The number of carbonyl (C=O) groups excluding carboxylic acids is 1. The fourth-order valence-electron chi connectivity index (χ4n) is 1.63. The van der Waals surface area contributed by atoms with Crippen LogP contribution >= 0.6 is 0 Å². The fourth-order valence-corrected chi connectivity index (χ4v) is 1.63. The second kappa shape index (κ2) is 6.19. The zero-order valence-corrected chi connectivity index (χ0v) is 10.8. The maximum Gasteiger partial charge on any atom is 0.350 e. The summed E-state index contributed by atoms with van der Waals surface area (Å²) in [6, 6.07) is 5.85. The molecule has 0 bridgehead atoms. The van der Waals surface area contributed by atoms with Crippen LogP contribution in [0, 0.1) is 0 Å². The minimum Gasteiger partial charge on any atom is -0.508 e. The van der Waals surface area contributed by atoms with Crippen LogP contribution in [-0.2, 0) is 25.5 Å². The maximum absolute atomic E-state index is 11.8. The number of esters is 1. The Kier molecular flexibility index (Phi) is 4.88. The number of aromatic hydroxyl groups is 1. The van der Waals surface area contributed by atoms with E-state index >= 15 is 0 Å². The number of rotatable bonds is 6. The number of hydrogen-bond donors (Lipinski definition) is 2. The Hall–Kier alpha value is -2.08. The second-order valence-corrected chi connectivity index (χ2v) is 3.90. The second-order valence-electron chi connectivity index (χ2n) is 3.90. The Morgan fingerprint density at radius 1 is 1.26 bits per heavy atom. The molecule has 0 saturated carbocycles. The van der Waals surface area contributed by atoms with E-state index in [1.807, 2.05) is 0 Å². The van der Waals surface area contributed by atoms with E-state index in [9.17, 15) is 19.8 Å². The van der Waals surface area contributed by atoms with Gasteiger partial charge in [-0.05, 0) is 24.6 Å². The summed E-state index contributed by atoms with van der Waals surface area (Å²) >= 11 is 0. The van der Waals surface area contributed by atoms with Crippen molar-refractivity contribution in [1.29, 1.82) is 0 Å². The van der Waals surface area contributed by atoms with Crippen molar-refractivity contribution in [1.82, 2.24) is 0 Å². The van der Waals surface area contributed by atoms with E-state index < -0.39 is 17.5 Å². The Labute approximate surface area is 110 Å². The first-order chi connectivity index (χ1) is 8.96. The van der Waals surface area contributed by atoms with Crippen LogP contribution in [0.1, 0.15) is 12.5 Å². The molecule has 0 radical (unpaired) electrons. The lowest BCUT2D eigenvalue weighted by molar-refractivity contribution is -0.183. The third kappa shape index (κ3) is 3.23. The van der Waals surface area contributed by atoms with E-state index in [2.05, 4.69) is 0 Å². The molecule has 1 atom stereocenters. The Morgan fingerprint density at radius 2 is 1.84 bits per heavy atom. The van der Waals surface area contributed by atoms with Crippen LogP contribution in [0.5, 0.6) is 5.75 Å². The van der Waals surface area contributed by atoms with Gasteiger partial charge in [-0.3, -0.25) is 0 Å². The van der Waals surface area contributed by atoms with Gasteiger partial charge in [0.05, 0.1) is 6.61 Å². The van der Waals surface area contributed by atoms with Crippen LogP contribution in [0.25, 0.3) is 0 Å². The zero-order valence-electron chi connectivity index (χ0n) is 10.8. The van der Waals surface area contributed by atoms with Gasteiger partial charge in [0.2, 0.25) is 0 Å². The predicted octanol–water partition coefficient (Wildman–Crippen LogP) is 0.968. The number of methoxy groups -OCH3 is 1. The number of carboxylic acid groups (broad SMARTS) is 1. The molecule has 0 aliphatic carbocycles. The SMILES string of the molecule is CCOC(=O)C(Cc1ccc(O)cc1)(OC)C(=O)O. The average Bonchev–Trinajstić information content (AvgIpc) is 2.38. The van der Waals surface area contributed by atoms with Crippen LogP contribution in [0.4, 0.5) is 0 Å². The standard InChI is InChI=1S/C13H16O6/c1-3-19-12(17)13(18-2,11(15)16)8-9-4-6-10(14)7-5-9/h4-7,14H,3,8H2,1-2H3,(H,15,16).